The molecule has 2 atom stereocenters. The SMILES string of the molecule is CCOc1ccccc1NC(=O)[C@@H](N[C@@H](C)c1ccc(F)cc1F)c1ccccc1. The maximum Gasteiger partial charge on any atom is 0.246 e. The highest BCUT2D eigenvalue weighted by molar-refractivity contribution is 5.96. The quantitative estimate of drug-likeness (QED) is 0.523. The lowest BCUT2D eigenvalue weighted by atomic mass is 10.0. The second kappa shape index (κ2) is 9.98. The monoisotopic (exact) mass is 410 g/mol. The van der Waals surface area contributed by atoms with Gasteiger partial charge in [0.2, 0.25) is 5.91 Å². The minimum Gasteiger partial charge on any atom is -0.492 e. The van der Waals surface area contributed by atoms with E-state index in [4.69, 9.17) is 4.74 Å². The minimum absolute atomic E-state index is 0.278. The van der Waals surface area contributed by atoms with E-state index in [1.165, 1.54) is 12.1 Å². The summed E-state index contributed by atoms with van der Waals surface area (Å²) in [5.41, 5.74) is 1.55. The van der Waals surface area contributed by atoms with Crippen molar-refractivity contribution in [1.82, 2.24) is 5.32 Å². The lowest BCUT2D eigenvalue weighted by Crippen LogP contribution is -2.35. The molecule has 6 heteroatoms. The Morgan fingerprint density at radius 3 is 2.40 bits per heavy atom. The average Bonchev–Trinajstić information content (AvgIpc) is 2.74. The highest BCUT2D eigenvalue weighted by Crippen LogP contribution is 2.27. The normalized spacial score (nSPS) is 12.8. The van der Waals surface area contributed by atoms with Gasteiger partial charge in [-0.2, -0.15) is 0 Å². The molecular formula is C24H24F2N2O2. The lowest BCUT2D eigenvalue weighted by molar-refractivity contribution is -0.118. The van der Waals surface area contributed by atoms with E-state index < -0.39 is 23.7 Å². The van der Waals surface area contributed by atoms with Crippen LogP contribution in [0.4, 0.5) is 14.5 Å². The van der Waals surface area contributed by atoms with Gasteiger partial charge in [-0.25, -0.2) is 8.78 Å². The number of anilines is 1. The van der Waals surface area contributed by atoms with E-state index in [9.17, 15) is 13.6 Å². The largest absolute Gasteiger partial charge is 0.492 e. The van der Waals surface area contributed by atoms with E-state index in [0.717, 1.165) is 11.6 Å². The first-order valence-corrected chi connectivity index (χ1v) is 9.78. The van der Waals surface area contributed by atoms with Crippen molar-refractivity contribution < 1.29 is 18.3 Å². The molecule has 0 saturated heterocycles. The van der Waals surface area contributed by atoms with Crippen LogP contribution in [0.2, 0.25) is 0 Å². The van der Waals surface area contributed by atoms with E-state index >= 15 is 0 Å². The van der Waals surface area contributed by atoms with Crippen molar-refractivity contribution in [3.63, 3.8) is 0 Å². The first kappa shape index (κ1) is 21.5. The van der Waals surface area contributed by atoms with Gasteiger partial charge in [-0.3, -0.25) is 10.1 Å². The number of rotatable bonds is 8. The third-order valence-corrected chi connectivity index (χ3v) is 4.69. The highest BCUT2D eigenvalue weighted by Gasteiger charge is 2.25. The zero-order chi connectivity index (χ0) is 21.5. The van der Waals surface area contributed by atoms with Crippen LogP contribution in [0.5, 0.6) is 5.75 Å². The van der Waals surface area contributed by atoms with Gasteiger partial charge in [0.05, 0.1) is 12.3 Å². The van der Waals surface area contributed by atoms with Crippen molar-refractivity contribution >= 4 is 11.6 Å². The fraction of sp³-hybridized carbons (Fsp3) is 0.208. The first-order valence-electron chi connectivity index (χ1n) is 9.78. The summed E-state index contributed by atoms with van der Waals surface area (Å²) < 4.78 is 33.1. The van der Waals surface area contributed by atoms with E-state index in [2.05, 4.69) is 10.6 Å². The van der Waals surface area contributed by atoms with Gasteiger partial charge in [0.1, 0.15) is 23.4 Å². The zero-order valence-electron chi connectivity index (χ0n) is 16.9. The molecular weight excluding hydrogens is 386 g/mol. The van der Waals surface area contributed by atoms with E-state index in [-0.39, 0.29) is 11.5 Å². The molecule has 0 fully saturated rings. The molecule has 1 amide bonds. The fourth-order valence-corrected chi connectivity index (χ4v) is 3.22. The van der Waals surface area contributed by atoms with E-state index in [0.29, 0.717) is 18.0 Å². The predicted octanol–water partition coefficient (Wildman–Crippen LogP) is 5.39. The van der Waals surface area contributed by atoms with Crippen LogP contribution in [0.25, 0.3) is 0 Å². The molecule has 3 rings (SSSR count). The highest BCUT2D eigenvalue weighted by atomic mass is 19.1. The predicted molar refractivity (Wildman–Crippen MR) is 113 cm³/mol. The van der Waals surface area contributed by atoms with Crippen molar-refractivity contribution in [2.45, 2.75) is 25.9 Å². The third-order valence-electron chi connectivity index (χ3n) is 4.69. The van der Waals surface area contributed by atoms with E-state index in [1.807, 2.05) is 43.3 Å². The van der Waals surface area contributed by atoms with Crippen LogP contribution in [0.15, 0.2) is 72.8 Å². The van der Waals surface area contributed by atoms with Crippen molar-refractivity contribution in [2.75, 3.05) is 11.9 Å². The van der Waals surface area contributed by atoms with Crippen LogP contribution >= 0.6 is 0 Å². The van der Waals surface area contributed by atoms with Gasteiger partial charge in [0.15, 0.2) is 0 Å². The number of ether oxygens (including phenoxy) is 1. The summed E-state index contributed by atoms with van der Waals surface area (Å²) in [5, 5.41) is 6.06. The Hall–Kier alpha value is -3.25. The summed E-state index contributed by atoms with van der Waals surface area (Å²) in [6.45, 7) is 4.06. The van der Waals surface area contributed by atoms with E-state index in [1.54, 1.807) is 25.1 Å². The molecule has 0 aliphatic rings. The summed E-state index contributed by atoms with van der Waals surface area (Å²) >= 11 is 0. The number of carbonyl (C=O) groups excluding carboxylic acids is 1. The molecule has 0 unspecified atom stereocenters. The van der Waals surface area contributed by atoms with Crippen molar-refractivity contribution in [2.24, 2.45) is 0 Å². The number of amides is 1. The zero-order valence-corrected chi connectivity index (χ0v) is 16.9. The van der Waals surface area contributed by atoms with Gasteiger partial charge in [-0.1, -0.05) is 48.5 Å². The van der Waals surface area contributed by atoms with Crippen LogP contribution in [-0.4, -0.2) is 12.5 Å². The molecule has 3 aromatic carbocycles. The molecule has 4 nitrogen and oxygen atoms in total. The van der Waals surface area contributed by atoms with Crippen LogP contribution in [0.1, 0.15) is 37.1 Å². The number of halogens is 2. The molecule has 0 aliphatic carbocycles. The average molecular weight is 410 g/mol. The molecule has 0 aliphatic heterocycles. The summed E-state index contributed by atoms with van der Waals surface area (Å²) in [7, 11) is 0. The number of benzene rings is 3. The van der Waals surface area contributed by atoms with Crippen molar-refractivity contribution in [3.8, 4) is 5.75 Å². The second-order valence-corrected chi connectivity index (χ2v) is 6.82. The van der Waals surface area contributed by atoms with Gasteiger partial charge >= 0.3 is 0 Å². The smallest absolute Gasteiger partial charge is 0.246 e. The van der Waals surface area contributed by atoms with Gasteiger partial charge < -0.3 is 10.1 Å². The van der Waals surface area contributed by atoms with Crippen LogP contribution in [0, 0.1) is 11.6 Å². The Labute approximate surface area is 174 Å². The lowest BCUT2D eigenvalue weighted by Gasteiger charge is -2.24. The van der Waals surface area contributed by atoms with Gasteiger partial charge in [-0.05, 0) is 37.6 Å². The summed E-state index contributed by atoms with van der Waals surface area (Å²) in [6.07, 6.45) is 0. The molecule has 0 bridgehead atoms. The molecule has 156 valence electrons. The third kappa shape index (κ3) is 5.21. The fourth-order valence-electron chi connectivity index (χ4n) is 3.22. The van der Waals surface area contributed by atoms with Gasteiger partial charge in [0, 0.05) is 17.7 Å². The molecule has 0 spiro atoms. The second-order valence-electron chi connectivity index (χ2n) is 6.82. The Bertz CT molecular complexity index is 996. The Morgan fingerprint density at radius 1 is 1.00 bits per heavy atom. The molecule has 0 radical (unpaired) electrons. The topological polar surface area (TPSA) is 50.4 Å². The molecule has 0 heterocycles. The standard InChI is InChI=1S/C24H24F2N2O2/c1-3-30-22-12-8-7-11-21(22)28-24(29)23(17-9-5-4-6-10-17)27-16(2)19-14-13-18(25)15-20(19)26/h4-16,23,27H,3H2,1-2H3,(H,28,29)/t16-,23-/m0/s1. The first-order chi connectivity index (χ1) is 14.5. The van der Waals surface area contributed by atoms with Gasteiger partial charge in [0.25, 0.3) is 0 Å². The molecule has 3 aromatic rings. The summed E-state index contributed by atoms with van der Waals surface area (Å²) in [4.78, 5) is 13.2. The molecule has 2 N–H and O–H groups in total. The van der Waals surface area contributed by atoms with Crippen molar-refractivity contribution in [3.05, 3.63) is 95.6 Å². The minimum atomic E-state index is -0.764. The van der Waals surface area contributed by atoms with Crippen LogP contribution in [-0.2, 0) is 4.79 Å². The molecule has 0 saturated carbocycles. The van der Waals surface area contributed by atoms with Crippen molar-refractivity contribution in [1.29, 1.82) is 0 Å². The Kier molecular flexibility index (Phi) is 7.14. The number of para-hydroxylation sites is 2. The molecule has 0 aromatic heterocycles. The maximum atomic E-state index is 14.2. The summed E-state index contributed by atoms with van der Waals surface area (Å²) in [6, 6.07) is 18.4. The number of hydrogen-bond acceptors (Lipinski definition) is 3. The van der Waals surface area contributed by atoms with Crippen LogP contribution < -0.4 is 15.4 Å². The van der Waals surface area contributed by atoms with Gasteiger partial charge in [-0.15, -0.1) is 0 Å². The maximum absolute atomic E-state index is 14.2. The summed E-state index contributed by atoms with van der Waals surface area (Å²) in [5.74, 6) is -1.06. The van der Waals surface area contributed by atoms with Crippen LogP contribution in [0.3, 0.4) is 0 Å². The number of carbonyl (C=O) groups is 1. The number of hydrogen-bond donors (Lipinski definition) is 2. The molecule has 30 heavy (non-hydrogen) atoms. The Morgan fingerprint density at radius 2 is 1.70 bits per heavy atom. The number of nitrogens with one attached hydrogen (secondary N) is 2. The Balaban J connectivity index is 1.87.